The lowest BCUT2D eigenvalue weighted by Gasteiger charge is -2.09. The van der Waals surface area contributed by atoms with Crippen LogP contribution in [-0.4, -0.2) is 23.7 Å². The summed E-state index contributed by atoms with van der Waals surface area (Å²) in [4.78, 5) is 21.4. The normalized spacial score (nSPS) is 10.9. The summed E-state index contributed by atoms with van der Waals surface area (Å²) in [5, 5.41) is 12.9. The van der Waals surface area contributed by atoms with Crippen molar-refractivity contribution in [3.05, 3.63) is 29.8 Å². The maximum absolute atomic E-state index is 12.3. The molecule has 0 bridgehead atoms. The summed E-state index contributed by atoms with van der Waals surface area (Å²) < 4.78 is 36.8. The molecule has 0 aliphatic heterocycles. The molecule has 0 atom stereocenters. The van der Waals surface area contributed by atoms with Crippen LogP contribution in [0.25, 0.3) is 0 Å². The molecule has 0 heterocycles. The lowest BCUT2D eigenvalue weighted by atomic mass is 10.2. The minimum atomic E-state index is -4.43. The third kappa shape index (κ3) is 5.28. The Morgan fingerprint density at radius 1 is 1.16 bits per heavy atom. The first-order valence-electron chi connectivity index (χ1n) is 5.23. The van der Waals surface area contributed by atoms with Crippen molar-refractivity contribution in [2.24, 2.45) is 0 Å². The van der Waals surface area contributed by atoms with Gasteiger partial charge in [0.15, 0.2) is 0 Å². The standard InChI is InChI=1S/C11H11F3N2O3/c12-11(13,14)7-1-3-8(4-2-7)16-10(19)15-6-5-9(17)18/h1-4H,5-6H2,(H,17,18)(H2,15,16,19). The van der Waals surface area contributed by atoms with Crippen molar-refractivity contribution < 1.29 is 27.9 Å². The molecule has 2 amide bonds. The monoisotopic (exact) mass is 276 g/mol. The third-order valence-corrected chi connectivity index (χ3v) is 2.09. The van der Waals surface area contributed by atoms with Gasteiger partial charge in [0.25, 0.3) is 0 Å². The van der Waals surface area contributed by atoms with Gasteiger partial charge in [0.05, 0.1) is 12.0 Å². The number of amides is 2. The molecular weight excluding hydrogens is 265 g/mol. The lowest BCUT2D eigenvalue weighted by Crippen LogP contribution is -2.30. The van der Waals surface area contributed by atoms with Crippen molar-refractivity contribution in [2.45, 2.75) is 12.6 Å². The van der Waals surface area contributed by atoms with E-state index >= 15 is 0 Å². The molecule has 0 aliphatic carbocycles. The van der Waals surface area contributed by atoms with Crippen LogP contribution in [0, 0.1) is 0 Å². The molecule has 0 saturated carbocycles. The van der Waals surface area contributed by atoms with Crippen LogP contribution in [0.15, 0.2) is 24.3 Å². The van der Waals surface area contributed by atoms with Crippen LogP contribution in [0.2, 0.25) is 0 Å². The van der Waals surface area contributed by atoms with Gasteiger partial charge in [-0.2, -0.15) is 13.2 Å². The molecule has 1 aromatic rings. The van der Waals surface area contributed by atoms with Gasteiger partial charge in [-0.05, 0) is 24.3 Å². The first kappa shape index (κ1) is 14.8. The SMILES string of the molecule is O=C(O)CCNC(=O)Nc1ccc(C(F)(F)F)cc1. The summed E-state index contributed by atoms with van der Waals surface area (Å²) in [5.74, 6) is -1.06. The van der Waals surface area contributed by atoms with Crippen LogP contribution in [0.5, 0.6) is 0 Å². The number of benzene rings is 1. The number of anilines is 1. The summed E-state index contributed by atoms with van der Waals surface area (Å²) >= 11 is 0. The van der Waals surface area contributed by atoms with Crippen molar-refractivity contribution in [1.82, 2.24) is 5.32 Å². The Bertz CT molecular complexity index is 457. The van der Waals surface area contributed by atoms with Crippen LogP contribution >= 0.6 is 0 Å². The van der Waals surface area contributed by atoms with E-state index in [-0.39, 0.29) is 18.7 Å². The van der Waals surface area contributed by atoms with Crippen molar-refractivity contribution >= 4 is 17.7 Å². The van der Waals surface area contributed by atoms with Crippen LogP contribution in [0.3, 0.4) is 0 Å². The number of hydrogen-bond acceptors (Lipinski definition) is 2. The summed E-state index contributed by atoms with van der Waals surface area (Å²) in [6.07, 6.45) is -4.66. The van der Waals surface area contributed by atoms with E-state index < -0.39 is 23.7 Å². The molecule has 104 valence electrons. The van der Waals surface area contributed by atoms with Crippen molar-refractivity contribution in [3.63, 3.8) is 0 Å². The molecule has 0 radical (unpaired) electrons. The topological polar surface area (TPSA) is 78.4 Å². The van der Waals surface area contributed by atoms with E-state index in [1.807, 2.05) is 0 Å². The fraction of sp³-hybridized carbons (Fsp3) is 0.273. The maximum Gasteiger partial charge on any atom is 0.416 e. The highest BCUT2D eigenvalue weighted by Crippen LogP contribution is 2.29. The van der Waals surface area contributed by atoms with Crippen molar-refractivity contribution in [2.75, 3.05) is 11.9 Å². The second kappa shape index (κ2) is 6.07. The molecule has 5 nitrogen and oxygen atoms in total. The average Bonchev–Trinajstić information content (AvgIpc) is 2.27. The molecule has 0 saturated heterocycles. The van der Waals surface area contributed by atoms with Crippen LogP contribution in [0.1, 0.15) is 12.0 Å². The molecule has 1 rings (SSSR count). The Kier molecular flexibility index (Phi) is 4.74. The minimum Gasteiger partial charge on any atom is -0.481 e. The molecule has 19 heavy (non-hydrogen) atoms. The molecule has 1 aromatic carbocycles. The average molecular weight is 276 g/mol. The van der Waals surface area contributed by atoms with Gasteiger partial charge in [-0.15, -0.1) is 0 Å². The quantitative estimate of drug-likeness (QED) is 0.789. The number of carbonyl (C=O) groups is 2. The minimum absolute atomic E-state index is 0.0677. The zero-order valence-electron chi connectivity index (χ0n) is 9.62. The number of carboxylic acids is 1. The second-order valence-electron chi connectivity index (χ2n) is 3.60. The molecule has 8 heteroatoms. The van der Waals surface area contributed by atoms with Gasteiger partial charge in [0, 0.05) is 12.2 Å². The molecule has 0 spiro atoms. The number of nitrogens with one attached hydrogen (secondary N) is 2. The number of carboxylic acid groups (broad SMARTS) is 1. The van der Waals surface area contributed by atoms with Crippen LogP contribution < -0.4 is 10.6 Å². The largest absolute Gasteiger partial charge is 0.481 e. The van der Waals surface area contributed by atoms with Crippen molar-refractivity contribution in [1.29, 1.82) is 0 Å². The molecule has 3 N–H and O–H groups in total. The maximum atomic E-state index is 12.3. The fourth-order valence-corrected chi connectivity index (χ4v) is 1.20. The Morgan fingerprint density at radius 2 is 1.74 bits per heavy atom. The Labute approximate surface area is 106 Å². The zero-order valence-corrected chi connectivity index (χ0v) is 9.62. The number of halogens is 3. The number of aliphatic carboxylic acids is 1. The second-order valence-corrected chi connectivity index (χ2v) is 3.60. The predicted molar refractivity (Wildman–Crippen MR) is 60.7 cm³/mol. The summed E-state index contributed by atoms with van der Waals surface area (Å²) in [5.41, 5.74) is -0.634. The molecule has 0 fully saturated rings. The van der Waals surface area contributed by atoms with E-state index in [4.69, 9.17) is 5.11 Å². The molecule has 0 unspecified atom stereocenters. The van der Waals surface area contributed by atoms with Crippen LogP contribution in [-0.2, 0) is 11.0 Å². The van der Waals surface area contributed by atoms with Gasteiger partial charge in [0.1, 0.15) is 0 Å². The number of hydrogen-bond donors (Lipinski definition) is 3. The molecular formula is C11H11F3N2O3. The van der Waals surface area contributed by atoms with E-state index in [1.165, 1.54) is 0 Å². The van der Waals surface area contributed by atoms with Gasteiger partial charge in [-0.3, -0.25) is 4.79 Å². The Balaban J connectivity index is 2.49. The lowest BCUT2D eigenvalue weighted by molar-refractivity contribution is -0.138. The van der Waals surface area contributed by atoms with Gasteiger partial charge in [-0.1, -0.05) is 0 Å². The van der Waals surface area contributed by atoms with E-state index in [2.05, 4.69) is 10.6 Å². The number of alkyl halides is 3. The van der Waals surface area contributed by atoms with Gasteiger partial charge >= 0.3 is 18.2 Å². The van der Waals surface area contributed by atoms with E-state index in [1.54, 1.807) is 0 Å². The highest BCUT2D eigenvalue weighted by molar-refractivity contribution is 5.89. The van der Waals surface area contributed by atoms with Gasteiger partial charge in [-0.25, -0.2) is 4.79 Å². The number of rotatable bonds is 4. The van der Waals surface area contributed by atoms with E-state index in [9.17, 15) is 22.8 Å². The summed E-state index contributed by atoms with van der Waals surface area (Å²) in [7, 11) is 0. The first-order chi connectivity index (χ1) is 8.79. The predicted octanol–water partition coefficient (Wildman–Crippen LogP) is 2.30. The van der Waals surface area contributed by atoms with Crippen LogP contribution in [0.4, 0.5) is 23.7 Å². The Hall–Kier alpha value is -2.25. The van der Waals surface area contributed by atoms with E-state index in [0.29, 0.717) is 0 Å². The van der Waals surface area contributed by atoms with Crippen molar-refractivity contribution in [3.8, 4) is 0 Å². The highest BCUT2D eigenvalue weighted by atomic mass is 19.4. The van der Waals surface area contributed by atoms with E-state index in [0.717, 1.165) is 24.3 Å². The Morgan fingerprint density at radius 3 is 2.21 bits per heavy atom. The fourth-order valence-electron chi connectivity index (χ4n) is 1.20. The molecule has 0 aliphatic rings. The zero-order chi connectivity index (χ0) is 14.5. The highest BCUT2D eigenvalue weighted by Gasteiger charge is 2.29. The molecule has 0 aromatic heterocycles. The smallest absolute Gasteiger partial charge is 0.416 e. The number of carbonyl (C=O) groups excluding carboxylic acids is 1. The summed E-state index contributed by atoms with van der Waals surface area (Å²) in [6.45, 7) is -0.0677. The summed E-state index contributed by atoms with van der Waals surface area (Å²) in [6, 6.07) is 3.22. The number of urea groups is 1. The van der Waals surface area contributed by atoms with Gasteiger partial charge < -0.3 is 15.7 Å². The van der Waals surface area contributed by atoms with Gasteiger partial charge in [0.2, 0.25) is 0 Å². The first-order valence-corrected chi connectivity index (χ1v) is 5.23. The third-order valence-electron chi connectivity index (χ3n) is 2.09.